The highest BCUT2D eigenvalue weighted by molar-refractivity contribution is 6.30. The lowest BCUT2D eigenvalue weighted by atomic mass is 10.1. The molecule has 2 unspecified atom stereocenters. The molecule has 1 aromatic carbocycles. The van der Waals surface area contributed by atoms with Gasteiger partial charge in [0.25, 0.3) is 0 Å². The van der Waals surface area contributed by atoms with E-state index in [1.165, 1.54) is 24.1 Å². The molecule has 1 N–H and O–H groups in total. The second-order valence-corrected chi connectivity index (χ2v) is 9.20. The van der Waals surface area contributed by atoms with Crippen LogP contribution in [0.5, 0.6) is 0 Å². The number of morpholine rings is 1. The summed E-state index contributed by atoms with van der Waals surface area (Å²) in [6.07, 6.45) is 2.40. The summed E-state index contributed by atoms with van der Waals surface area (Å²) < 4.78 is 5.52. The summed E-state index contributed by atoms with van der Waals surface area (Å²) in [5.41, 5.74) is 2.57. The van der Waals surface area contributed by atoms with Crippen LogP contribution in [0.25, 0.3) is 0 Å². The predicted molar refractivity (Wildman–Crippen MR) is 125 cm³/mol. The number of halogens is 1. The Morgan fingerprint density at radius 3 is 2.80 bits per heavy atom. The molecule has 0 bridgehead atoms. The van der Waals surface area contributed by atoms with E-state index >= 15 is 0 Å². The monoisotopic (exact) mass is 433 g/mol. The van der Waals surface area contributed by atoms with Gasteiger partial charge in [-0.3, -0.25) is 9.89 Å². The predicted octanol–water partition coefficient (Wildman–Crippen LogP) is 2.85. The normalized spacial score (nSPS) is 25.9. The maximum Gasteiger partial charge on any atom is 0.193 e. The van der Waals surface area contributed by atoms with Gasteiger partial charge in [-0.2, -0.15) is 0 Å². The molecule has 0 saturated carbocycles. The first-order chi connectivity index (χ1) is 14.6. The lowest BCUT2D eigenvalue weighted by Gasteiger charge is -2.32. The van der Waals surface area contributed by atoms with Gasteiger partial charge in [0.1, 0.15) is 0 Å². The van der Waals surface area contributed by atoms with Crippen molar-refractivity contribution >= 4 is 23.2 Å². The summed E-state index contributed by atoms with van der Waals surface area (Å²) in [7, 11) is 0. The van der Waals surface area contributed by atoms with Crippen LogP contribution in [0.15, 0.2) is 23.2 Å². The maximum atomic E-state index is 6.24. The van der Waals surface area contributed by atoms with Crippen LogP contribution in [0.1, 0.15) is 25.3 Å². The molecule has 0 aromatic heterocycles. The number of benzene rings is 1. The molecule has 4 rings (SSSR count). The summed E-state index contributed by atoms with van der Waals surface area (Å²) >= 11 is 6.24. The molecule has 0 aliphatic carbocycles. The van der Waals surface area contributed by atoms with Crippen LogP contribution in [0.4, 0.5) is 5.69 Å². The third-order valence-electron chi connectivity index (χ3n) is 6.66. The van der Waals surface area contributed by atoms with Crippen molar-refractivity contribution in [2.75, 3.05) is 70.5 Å². The number of hydrogen-bond donors (Lipinski definition) is 1. The minimum atomic E-state index is 0.592. The van der Waals surface area contributed by atoms with E-state index < -0.39 is 0 Å². The standard InChI is InChI=1S/C23H36ClN5O/c1-3-25-23(29-9-7-21(17-29)27-10-12-30-13-11-27)26-15-19-6-8-28(16-19)22-14-20(24)5-4-18(22)2/h4-5,14,19,21H,3,6-13,15-17H2,1-2H3,(H,25,26). The molecule has 0 amide bonds. The van der Waals surface area contributed by atoms with E-state index in [0.717, 1.165) is 76.6 Å². The van der Waals surface area contributed by atoms with Gasteiger partial charge in [0, 0.05) is 69.1 Å². The number of nitrogens with one attached hydrogen (secondary N) is 1. The van der Waals surface area contributed by atoms with Crippen molar-refractivity contribution in [2.24, 2.45) is 10.9 Å². The molecule has 6 nitrogen and oxygen atoms in total. The molecule has 3 heterocycles. The van der Waals surface area contributed by atoms with Gasteiger partial charge in [0.15, 0.2) is 5.96 Å². The first-order valence-electron chi connectivity index (χ1n) is 11.5. The minimum Gasteiger partial charge on any atom is -0.379 e. The zero-order valence-electron chi connectivity index (χ0n) is 18.4. The number of ether oxygens (including phenoxy) is 1. The van der Waals surface area contributed by atoms with Crippen molar-refractivity contribution in [3.05, 3.63) is 28.8 Å². The average molecular weight is 434 g/mol. The number of rotatable bonds is 5. The highest BCUT2D eigenvalue weighted by Crippen LogP contribution is 2.29. The van der Waals surface area contributed by atoms with E-state index in [9.17, 15) is 0 Å². The van der Waals surface area contributed by atoms with Crippen LogP contribution in [0.2, 0.25) is 5.02 Å². The number of guanidine groups is 1. The molecule has 3 fully saturated rings. The van der Waals surface area contributed by atoms with Crippen molar-refractivity contribution in [2.45, 2.75) is 32.7 Å². The van der Waals surface area contributed by atoms with Crippen molar-refractivity contribution in [1.82, 2.24) is 15.1 Å². The zero-order chi connectivity index (χ0) is 20.9. The average Bonchev–Trinajstić information content (AvgIpc) is 3.43. The number of aryl methyl sites for hydroxylation is 1. The molecule has 30 heavy (non-hydrogen) atoms. The van der Waals surface area contributed by atoms with Gasteiger partial charge in [-0.15, -0.1) is 0 Å². The Hall–Kier alpha value is -1.50. The molecule has 166 valence electrons. The SMILES string of the molecule is CCNC(=NCC1CCN(c2cc(Cl)ccc2C)C1)N1CCC(N2CCOCC2)C1. The summed E-state index contributed by atoms with van der Waals surface area (Å²) in [5.74, 6) is 1.68. The lowest BCUT2D eigenvalue weighted by molar-refractivity contribution is 0.0195. The molecule has 3 aliphatic heterocycles. The Morgan fingerprint density at radius 1 is 1.17 bits per heavy atom. The Morgan fingerprint density at radius 2 is 2.00 bits per heavy atom. The van der Waals surface area contributed by atoms with Crippen molar-refractivity contribution in [3.63, 3.8) is 0 Å². The molecule has 3 aliphatic rings. The summed E-state index contributed by atoms with van der Waals surface area (Å²) in [6, 6.07) is 6.82. The first-order valence-corrected chi connectivity index (χ1v) is 11.9. The van der Waals surface area contributed by atoms with E-state index in [4.69, 9.17) is 21.3 Å². The number of likely N-dealkylation sites (tertiary alicyclic amines) is 1. The summed E-state index contributed by atoms with van der Waals surface area (Å²) in [4.78, 5) is 12.6. The van der Waals surface area contributed by atoms with E-state index in [2.05, 4.69) is 46.0 Å². The van der Waals surface area contributed by atoms with Crippen LogP contribution >= 0.6 is 11.6 Å². The van der Waals surface area contributed by atoms with Gasteiger partial charge >= 0.3 is 0 Å². The van der Waals surface area contributed by atoms with E-state index in [-0.39, 0.29) is 0 Å². The molecule has 2 atom stereocenters. The quantitative estimate of drug-likeness (QED) is 0.571. The van der Waals surface area contributed by atoms with Gasteiger partial charge in [-0.1, -0.05) is 17.7 Å². The molecule has 0 spiro atoms. The molecule has 0 radical (unpaired) electrons. The second-order valence-electron chi connectivity index (χ2n) is 8.76. The van der Waals surface area contributed by atoms with Crippen LogP contribution in [0, 0.1) is 12.8 Å². The first kappa shape index (κ1) is 21.7. The van der Waals surface area contributed by atoms with Crippen molar-refractivity contribution in [1.29, 1.82) is 0 Å². The van der Waals surface area contributed by atoms with Crippen LogP contribution in [-0.2, 0) is 4.74 Å². The van der Waals surface area contributed by atoms with Crippen molar-refractivity contribution in [3.8, 4) is 0 Å². The topological polar surface area (TPSA) is 43.3 Å². The number of aliphatic imine (C=N–C) groups is 1. The van der Waals surface area contributed by atoms with Gasteiger partial charge in [-0.25, -0.2) is 0 Å². The zero-order valence-corrected chi connectivity index (χ0v) is 19.2. The Bertz CT molecular complexity index is 736. The fourth-order valence-electron chi connectivity index (χ4n) is 4.94. The molecule has 3 saturated heterocycles. The third-order valence-corrected chi connectivity index (χ3v) is 6.89. The second kappa shape index (κ2) is 10.2. The van der Waals surface area contributed by atoms with Gasteiger partial charge < -0.3 is 19.9 Å². The largest absolute Gasteiger partial charge is 0.379 e. The van der Waals surface area contributed by atoms with Crippen LogP contribution in [0.3, 0.4) is 0 Å². The fourth-order valence-corrected chi connectivity index (χ4v) is 5.11. The maximum absolute atomic E-state index is 6.24. The smallest absolute Gasteiger partial charge is 0.193 e. The minimum absolute atomic E-state index is 0.592. The highest BCUT2D eigenvalue weighted by Gasteiger charge is 2.30. The van der Waals surface area contributed by atoms with Crippen LogP contribution < -0.4 is 10.2 Å². The lowest BCUT2D eigenvalue weighted by Crippen LogP contribution is -2.46. The third kappa shape index (κ3) is 5.21. The van der Waals surface area contributed by atoms with Crippen molar-refractivity contribution < 1.29 is 4.74 Å². The Balaban J connectivity index is 1.34. The number of nitrogens with zero attached hydrogens (tertiary/aromatic N) is 4. The Kier molecular flexibility index (Phi) is 7.39. The van der Waals surface area contributed by atoms with Gasteiger partial charge in [0.2, 0.25) is 0 Å². The molecular weight excluding hydrogens is 398 g/mol. The van der Waals surface area contributed by atoms with E-state index in [1.54, 1.807) is 0 Å². The molecule has 1 aromatic rings. The molecule has 7 heteroatoms. The fraction of sp³-hybridized carbons (Fsp3) is 0.696. The molecular formula is C23H36ClN5O. The van der Waals surface area contributed by atoms with E-state index in [0.29, 0.717) is 12.0 Å². The van der Waals surface area contributed by atoms with Gasteiger partial charge in [0.05, 0.1) is 13.2 Å². The summed E-state index contributed by atoms with van der Waals surface area (Å²) in [6.45, 7) is 14.3. The van der Waals surface area contributed by atoms with Gasteiger partial charge in [-0.05, 0) is 50.3 Å². The van der Waals surface area contributed by atoms with E-state index in [1.807, 2.05) is 6.07 Å². The highest BCUT2D eigenvalue weighted by atomic mass is 35.5. The van der Waals surface area contributed by atoms with Crippen LogP contribution in [-0.4, -0.2) is 87.4 Å². The summed E-state index contributed by atoms with van der Waals surface area (Å²) in [5, 5.41) is 4.35. The number of hydrogen-bond acceptors (Lipinski definition) is 4. The Labute approximate surface area is 186 Å². The number of anilines is 1.